The first-order valence-corrected chi connectivity index (χ1v) is 8.37. The van der Waals surface area contributed by atoms with E-state index in [1.165, 1.54) is 12.0 Å². The molecule has 0 saturated carbocycles. The van der Waals surface area contributed by atoms with E-state index in [1.807, 2.05) is 28.0 Å². The minimum absolute atomic E-state index is 0.0799. The average molecular weight is 300 g/mol. The van der Waals surface area contributed by atoms with Gasteiger partial charge in [0, 0.05) is 31.7 Å². The molecule has 1 aromatic rings. The van der Waals surface area contributed by atoms with Crippen LogP contribution in [-0.4, -0.2) is 36.3 Å². The standard InChI is InChI=1S/C18H24N2O2/c1-2-14-8-4-5-9-16(14)20-13-15(12-17(20)21)18(22)19-10-6-3-7-11-19/h4-5,8-9,15H,2-3,6-7,10-13H2,1H3/t15-/m0/s1. The lowest BCUT2D eigenvalue weighted by atomic mass is 10.0. The molecule has 1 atom stereocenters. The Morgan fingerprint density at radius 2 is 1.91 bits per heavy atom. The van der Waals surface area contributed by atoms with Crippen molar-refractivity contribution in [2.45, 2.75) is 39.0 Å². The van der Waals surface area contributed by atoms with Crippen LogP contribution in [0.1, 0.15) is 38.2 Å². The number of nitrogens with zero attached hydrogens (tertiary/aromatic N) is 2. The van der Waals surface area contributed by atoms with Gasteiger partial charge in [-0.1, -0.05) is 25.1 Å². The van der Waals surface area contributed by atoms with Crippen molar-refractivity contribution in [1.29, 1.82) is 0 Å². The molecule has 2 saturated heterocycles. The van der Waals surface area contributed by atoms with E-state index in [-0.39, 0.29) is 17.7 Å². The summed E-state index contributed by atoms with van der Waals surface area (Å²) in [4.78, 5) is 28.8. The third-order valence-electron chi connectivity index (χ3n) is 4.81. The van der Waals surface area contributed by atoms with E-state index in [0.29, 0.717) is 13.0 Å². The first-order valence-electron chi connectivity index (χ1n) is 8.37. The Kier molecular flexibility index (Phi) is 4.46. The molecule has 22 heavy (non-hydrogen) atoms. The van der Waals surface area contributed by atoms with Crippen LogP contribution in [0.4, 0.5) is 5.69 Å². The lowest BCUT2D eigenvalue weighted by Crippen LogP contribution is -2.40. The molecule has 3 rings (SSSR count). The second-order valence-electron chi connectivity index (χ2n) is 6.27. The summed E-state index contributed by atoms with van der Waals surface area (Å²) in [6.45, 7) is 4.34. The molecule has 0 aliphatic carbocycles. The summed E-state index contributed by atoms with van der Waals surface area (Å²) in [7, 11) is 0. The van der Waals surface area contributed by atoms with Gasteiger partial charge < -0.3 is 9.80 Å². The summed E-state index contributed by atoms with van der Waals surface area (Å²) in [5, 5.41) is 0. The zero-order chi connectivity index (χ0) is 15.5. The number of hydrogen-bond donors (Lipinski definition) is 0. The maximum Gasteiger partial charge on any atom is 0.228 e. The molecule has 2 fully saturated rings. The number of benzene rings is 1. The highest BCUT2D eigenvalue weighted by molar-refractivity contribution is 6.00. The Bertz CT molecular complexity index is 564. The van der Waals surface area contributed by atoms with Gasteiger partial charge in [0.25, 0.3) is 0 Å². The van der Waals surface area contributed by atoms with Crippen molar-refractivity contribution in [2.75, 3.05) is 24.5 Å². The topological polar surface area (TPSA) is 40.6 Å². The Labute approximate surface area is 132 Å². The molecule has 0 N–H and O–H groups in total. The van der Waals surface area contributed by atoms with Crippen LogP contribution in [0.2, 0.25) is 0 Å². The highest BCUT2D eigenvalue weighted by Crippen LogP contribution is 2.29. The molecule has 2 aliphatic heterocycles. The second kappa shape index (κ2) is 6.51. The van der Waals surface area contributed by atoms with Crippen molar-refractivity contribution in [2.24, 2.45) is 5.92 Å². The van der Waals surface area contributed by atoms with Crippen LogP contribution in [0.25, 0.3) is 0 Å². The van der Waals surface area contributed by atoms with Gasteiger partial charge in [0.15, 0.2) is 0 Å². The molecule has 118 valence electrons. The fourth-order valence-electron chi connectivity index (χ4n) is 3.55. The molecule has 0 radical (unpaired) electrons. The third-order valence-corrected chi connectivity index (χ3v) is 4.81. The fraction of sp³-hybridized carbons (Fsp3) is 0.556. The third kappa shape index (κ3) is 2.87. The summed E-state index contributed by atoms with van der Waals surface area (Å²) in [6.07, 6.45) is 4.64. The lowest BCUT2D eigenvalue weighted by Gasteiger charge is -2.29. The number of rotatable bonds is 3. The van der Waals surface area contributed by atoms with Crippen LogP contribution < -0.4 is 4.90 Å². The van der Waals surface area contributed by atoms with Gasteiger partial charge in [-0.3, -0.25) is 9.59 Å². The van der Waals surface area contributed by atoms with Crippen LogP contribution in [0, 0.1) is 5.92 Å². The molecule has 2 aliphatic rings. The smallest absolute Gasteiger partial charge is 0.228 e. The summed E-state index contributed by atoms with van der Waals surface area (Å²) in [5.41, 5.74) is 2.14. The number of hydrogen-bond acceptors (Lipinski definition) is 2. The molecule has 0 unspecified atom stereocenters. The highest BCUT2D eigenvalue weighted by Gasteiger charge is 2.37. The van der Waals surface area contributed by atoms with Gasteiger partial charge in [-0.2, -0.15) is 0 Å². The first kappa shape index (κ1) is 15.1. The number of carbonyl (C=O) groups excluding carboxylic acids is 2. The summed E-state index contributed by atoms with van der Waals surface area (Å²) in [6, 6.07) is 8.01. The van der Waals surface area contributed by atoms with Gasteiger partial charge >= 0.3 is 0 Å². The van der Waals surface area contributed by atoms with E-state index >= 15 is 0 Å². The number of amides is 2. The Morgan fingerprint density at radius 1 is 1.18 bits per heavy atom. The number of anilines is 1. The van der Waals surface area contributed by atoms with Gasteiger partial charge in [-0.15, -0.1) is 0 Å². The Hall–Kier alpha value is -1.84. The molecule has 0 spiro atoms. The van der Waals surface area contributed by atoms with Gasteiger partial charge in [0.05, 0.1) is 5.92 Å². The molecule has 0 bridgehead atoms. The maximum absolute atomic E-state index is 12.6. The van der Waals surface area contributed by atoms with Crippen molar-refractivity contribution in [3.05, 3.63) is 29.8 Å². The largest absolute Gasteiger partial charge is 0.342 e. The number of carbonyl (C=O) groups is 2. The quantitative estimate of drug-likeness (QED) is 0.861. The van der Waals surface area contributed by atoms with E-state index < -0.39 is 0 Å². The predicted octanol–water partition coefficient (Wildman–Crippen LogP) is 2.61. The van der Waals surface area contributed by atoms with Crippen LogP contribution in [0.15, 0.2) is 24.3 Å². The molecule has 4 nitrogen and oxygen atoms in total. The van der Waals surface area contributed by atoms with Crippen LogP contribution in [0.5, 0.6) is 0 Å². The van der Waals surface area contributed by atoms with Crippen molar-refractivity contribution >= 4 is 17.5 Å². The number of aryl methyl sites for hydroxylation is 1. The van der Waals surface area contributed by atoms with E-state index in [0.717, 1.165) is 38.0 Å². The number of piperidine rings is 1. The minimum atomic E-state index is -0.171. The van der Waals surface area contributed by atoms with Crippen molar-refractivity contribution in [3.8, 4) is 0 Å². The highest BCUT2D eigenvalue weighted by atomic mass is 16.2. The average Bonchev–Trinajstić information content (AvgIpc) is 2.96. The van der Waals surface area contributed by atoms with Gasteiger partial charge in [-0.05, 0) is 37.3 Å². The van der Waals surface area contributed by atoms with Gasteiger partial charge in [0.2, 0.25) is 11.8 Å². The van der Waals surface area contributed by atoms with Crippen LogP contribution in [-0.2, 0) is 16.0 Å². The second-order valence-corrected chi connectivity index (χ2v) is 6.27. The van der Waals surface area contributed by atoms with E-state index in [9.17, 15) is 9.59 Å². The normalized spacial score (nSPS) is 22.2. The molecular weight excluding hydrogens is 276 g/mol. The zero-order valence-corrected chi connectivity index (χ0v) is 13.3. The van der Waals surface area contributed by atoms with E-state index in [2.05, 4.69) is 13.0 Å². The van der Waals surface area contributed by atoms with Crippen molar-refractivity contribution in [3.63, 3.8) is 0 Å². The van der Waals surface area contributed by atoms with E-state index in [1.54, 1.807) is 0 Å². The molecule has 1 aromatic carbocycles. The van der Waals surface area contributed by atoms with Crippen molar-refractivity contribution < 1.29 is 9.59 Å². The minimum Gasteiger partial charge on any atom is -0.342 e. The SMILES string of the molecule is CCc1ccccc1N1C[C@@H](C(=O)N2CCCCC2)CC1=O. The molecule has 2 amide bonds. The zero-order valence-electron chi connectivity index (χ0n) is 13.3. The van der Waals surface area contributed by atoms with Crippen LogP contribution in [0.3, 0.4) is 0 Å². The van der Waals surface area contributed by atoms with Gasteiger partial charge in [0.1, 0.15) is 0 Å². The monoisotopic (exact) mass is 300 g/mol. The maximum atomic E-state index is 12.6. The number of likely N-dealkylation sites (tertiary alicyclic amines) is 1. The molecule has 4 heteroatoms. The van der Waals surface area contributed by atoms with Crippen LogP contribution >= 0.6 is 0 Å². The molecule has 2 heterocycles. The molecule has 0 aromatic heterocycles. The lowest BCUT2D eigenvalue weighted by molar-refractivity contribution is -0.136. The first-order chi connectivity index (χ1) is 10.7. The fourth-order valence-corrected chi connectivity index (χ4v) is 3.55. The van der Waals surface area contributed by atoms with Crippen molar-refractivity contribution in [1.82, 2.24) is 4.90 Å². The molecular formula is C18H24N2O2. The summed E-state index contributed by atoms with van der Waals surface area (Å²) >= 11 is 0. The Balaban J connectivity index is 1.74. The summed E-state index contributed by atoms with van der Waals surface area (Å²) in [5.74, 6) is 0.0799. The predicted molar refractivity (Wildman–Crippen MR) is 86.7 cm³/mol. The Morgan fingerprint density at radius 3 is 2.64 bits per heavy atom. The van der Waals surface area contributed by atoms with Gasteiger partial charge in [-0.25, -0.2) is 0 Å². The number of para-hydroxylation sites is 1. The van der Waals surface area contributed by atoms with E-state index in [4.69, 9.17) is 0 Å². The summed E-state index contributed by atoms with van der Waals surface area (Å²) < 4.78 is 0.